The average Bonchev–Trinajstić information content (AvgIpc) is 3.36. The highest BCUT2D eigenvalue weighted by atomic mass is 16.7. The van der Waals surface area contributed by atoms with Crippen molar-refractivity contribution in [3.8, 4) is 0 Å². The number of hydrogen-bond donors (Lipinski definition) is 5. The van der Waals surface area contributed by atoms with Gasteiger partial charge in [0.25, 0.3) is 0 Å². The van der Waals surface area contributed by atoms with E-state index in [2.05, 4.69) is 11.6 Å². The molecule has 2 fully saturated rings. The second-order valence-electron chi connectivity index (χ2n) is 9.92. The summed E-state index contributed by atoms with van der Waals surface area (Å²) in [6, 6.07) is 1.85. The molecule has 5 rings (SSSR count). The first-order chi connectivity index (χ1) is 17.7. The van der Waals surface area contributed by atoms with Crippen molar-refractivity contribution in [1.29, 1.82) is 0 Å². The first-order valence-corrected chi connectivity index (χ1v) is 12.2. The number of aromatic nitrogens is 1. The van der Waals surface area contributed by atoms with E-state index in [1.54, 1.807) is 12.3 Å². The predicted molar refractivity (Wildman–Crippen MR) is 127 cm³/mol. The highest BCUT2D eigenvalue weighted by Crippen LogP contribution is 2.52. The Morgan fingerprint density at radius 3 is 2.84 bits per heavy atom. The molecule has 37 heavy (non-hydrogen) atoms. The molecule has 8 atom stereocenters. The molecule has 2 bridgehead atoms. The van der Waals surface area contributed by atoms with Gasteiger partial charge in [-0.25, -0.2) is 4.79 Å². The van der Waals surface area contributed by atoms with E-state index in [1.165, 1.54) is 19.4 Å². The number of nitrogens with one attached hydrogen (secondary N) is 1. The van der Waals surface area contributed by atoms with Gasteiger partial charge in [-0.15, -0.1) is 6.58 Å². The number of aromatic amines is 1. The largest absolute Gasteiger partial charge is 0.483 e. The van der Waals surface area contributed by atoms with Gasteiger partial charge in [0, 0.05) is 28.8 Å². The number of methoxy groups -OCH3 is 1. The average molecular weight is 518 g/mol. The van der Waals surface area contributed by atoms with Crippen LogP contribution in [0.1, 0.15) is 25.7 Å². The van der Waals surface area contributed by atoms with Crippen LogP contribution in [0, 0.1) is 11.8 Å². The number of carboxylic acids is 1. The molecule has 1 spiro atoms. The minimum Gasteiger partial charge on any atom is -0.483 e. The van der Waals surface area contributed by atoms with Gasteiger partial charge in [-0.2, -0.15) is 0 Å². The van der Waals surface area contributed by atoms with Gasteiger partial charge in [0.2, 0.25) is 0 Å². The summed E-state index contributed by atoms with van der Waals surface area (Å²) in [7, 11) is 1.22. The van der Waals surface area contributed by atoms with Gasteiger partial charge in [-0.3, -0.25) is 4.79 Å². The molecule has 1 saturated heterocycles. The van der Waals surface area contributed by atoms with Crippen LogP contribution in [0.15, 0.2) is 36.6 Å². The summed E-state index contributed by atoms with van der Waals surface area (Å²) in [6.07, 6.45) is 1.89. The molecule has 4 aliphatic rings. The van der Waals surface area contributed by atoms with E-state index in [4.69, 9.17) is 18.9 Å². The number of aliphatic hydroxyl groups excluding tert-OH is 2. The Bertz CT molecular complexity index is 1250. The smallest absolute Gasteiger partial charge is 0.333 e. The van der Waals surface area contributed by atoms with Crippen molar-refractivity contribution in [2.24, 2.45) is 11.8 Å². The second kappa shape index (κ2) is 9.41. The Labute approximate surface area is 212 Å². The maximum absolute atomic E-state index is 12.3. The molecule has 1 saturated carbocycles. The predicted octanol–water partition coefficient (Wildman–Crippen LogP) is -0.943. The zero-order valence-corrected chi connectivity index (χ0v) is 20.3. The Morgan fingerprint density at radius 2 is 2.16 bits per heavy atom. The van der Waals surface area contributed by atoms with Crippen LogP contribution in [0.25, 0.3) is 11.8 Å². The fourth-order valence-corrected chi connectivity index (χ4v) is 6.39. The lowest BCUT2D eigenvalue weighted by atomic mass is 9.64. The van der Waals surface area contributed by atoms with Gasteiger partial charge >= 0.3 is 11.9 Å². The van der Waals surface area contributed by atoms with Crippen molar-refractivity contribution in [1.82, 2.24) is 4.98 Å². The first kappa shape index (κ1) is 25.7. The van der Waals surface area contributed by atoms with Crippen molar-refractivity contribution in [2.45, 2.75) is 61.5 Å². The number of carbonyl (C=O) groups excluding carboxylic acids is 1. The fourth-order valence-electron chi connectivity index (χ4n) is 6.39. The minimum absolute atomic E-state index is 0.0926. The Balaban J connectivity index is 1.48. The number of aliphatic carboxylic acids is 1. The van der Waals surface area contributed by atoms with Crippen LogP contribution >= 0.6 is 0 Å². The molecule has 0 aromatic carbocycles. The third-order valence-electron chi connectivity index (χ3n) is 8.19. The van der Waals surface area contributed by atoms with E-state index < -0.39 is 66.2 Å². The van der Waals surface area contributed by atoms with Crippen molar-refractivity contribution >= 4 is 23.8 Å². The van der Waals surface area contributed by atoms with Gasteiger partial charge < -0.3 is 44.4 Å². The van der Waals surface area contributed by atoms with Gasteiger partial charge in [-0.05, 0) is 30.9 Å². The summed E-state index contributed by atoms with van der Waals surface area (Å²) < 4.78 is 23.2. The number of fused-ring (bicyclic) bond motifs is 2. The van der Waals surface area contributed by atoms with Gasteiger partial charge in [-0.1, -0.05) is 12.2 Å². The number of hydrogen-bond acceptors (Lipinski definition) is 9. The van der Waals surface area contributed by atoms with Crippen molar-refractivity contribution < 1.29 is 49.0 Å². The van der Waals surface area contributed by atoms with Crippen LogP contribution in [0.5, 0.6) is 0 Å². The van der Waals surface area contributed by atoms with Gasteiger partial charge in [0.15, 0.2) is 11.9 Å². The fraction of sp³-hybridized carbons (Fsp3) is 0.538. The minimum atomic E-state index is -1.89. The summed E-state index contributed by atoms with van der Waals surface area (Å²) in [5.41, 5.74) is -2.47. The third kappa shape index (κ3) is 3.76. The maximum Gasteiger partial charge on any atom is 0.333 e. The normalized spacial score (nSPS) is 38.3. The Morgan fingerprint density at radius 1 is 1.38 bits per heavy atom. The highest BCUT2D eigenvalue weighted by molar-refractivity contribution is 5.90. The number of carbonyl (C=O) groups is 2. The highest BCUT2D eigenvalue weighted by Gasteiger charge is 2.69. The molecule has 200 valence electrons. The first-order valence-electron chi connectivity index (χ1n) is 12.2. The molecule has 5 N–H and O–H groups in total. The van der Waals surface area contributed by atoms with Gasteiger partial charge in [0.1, 0.15) is 24.1 Å². The lowest BCUT2D eigenvalue weighted by molar-refractivity contribution is -0.371. The standard InChI is InChI=1S/C26H31NO10/c1-3-13-16(10-21(29)30)14(22(31)34-2)4-5-19(13)36-24-25(33)8-6-17-15-7-9-27-18(15)12-35-26(17,23(25)32)20(11-28)37-24/h3-4,7,9,12-13,16,19-20,23-24,27-28,32-33H,1,5-6,8,10-11H2,2H3,(H,29,30). The van der Waals surface area contributed by atoms with Crippen LogP contribution in [0.4, 0.5) is 0 Å². The zero-order chi connectivity index (χ0) is 26.5. The van der Waals surface area contributed by atoms with Gasteiger partial charge in [0.05, 0.1) is 31.6 Å². The Hall–Kier alpha value is -2.96. The lowest BCUT2D eigenvalue weighted by Crippen LogP contribution is -2.77. The van der Waals surface area contributed by atoms with Crippen LogP contribution in [0.2, 0.25) is 0 Å². The molecule has 0 radical (unpaired) electrons. The number of carboxylic acid groups (broad SMARTS) is 1. The maximum atomic E-state index is 12.3. The molecule has 11 nitrogen and oxygen atoms in total. The van der Waals surface area contributed by atoms with E-state index >= 15 is 0 Å². The molecule has 2 aliphatic heterocycles. The Kier molecular flexibility index (Phi) is 6.53. The van der Waals surface area contributed by atoms with Crippen LogP contribution < -0.4 is 10.6 Å². The molecule has 1 aromatic rings. The van der Waals surface area contributed by atoms with Crippen molar-refractivity contribution in [2.75, 3.05) is 13.7 Å². The van der Waals surface area contributed by atoms with E-state index in [0.717, 1.165) is 16.1 Å². The molecular weight excluding hydrogens is 486 g/mol. The summed E-state index contributed by atoms with van der Waals surface area (Å²) >= 11 is 0. The molecule has 2 aliphatic carbocycles. The SMILES string of the molecule is C=CC1C(OC2OC(CO)C34OC=c5[nH]ccc5=C3CCC2(O)C4O)CC=C(C(=O)OC)C1CC(=O)O. The number of rotatable bonds is 7. The van der Waals surface area contributed by atoms with E-state index in [9.17, 15) is 30.0 Å². The summed E-state index contributed by atoms with van der Waals surface area (Å²) in [5, 5.41) is 44.6. The summed E-state index contributed by atoms with van der Waals surface area (Å²) in [4.78, 5) is 27.0. The monoisotopic (exact) mass is 517 g/mol. The molecule has 1 aromatic heterocycles. The number of H-pyrrole nitrogens is 1. The third-order valence-corrected chi connectivity index (χ3v) is 8.19. The second-order valence-corrected chi connectivity index (χ2v) is 9.92. The van der Waals surface area contributed by atoms with Crippen LogP contribution in [-0.4, -0.2) is 86.9 Å². The molecule has 8 unspecified atom stereocenters. The zero-order valence-electron chi connectivity index (χ0n) is 20.3. The van der Waals surface area contributed by atoms with Crippen molar-refractivity contribution in [3.63, 3.8) is 0 Å². The van der Waals surface area contributed by atoms with Crippen LogP contribution in [0.3, 0.4) is 0 Å². The summed E-state index contributed by atoms with van der Waals surface area (Å²) in [5.74, 6) is -3.15. The van der Waals surface area contributed by atoms with E-state index in [0.29, 0.717) is 6.42 Å². The number of aliphatic hydroxyl groups is 3. The molecule has 3 heterocycles. The van der Waals surface area contributed by atoms with E-state index in [-0.39, 0.29) is 24.8 Å². The molecule has 11 heteroatoms. The number of ether oxygens (including phenoxy) is 4. The molecular formula is C26H31NO10. The quantitative estimate of drug-likeness (QED) is 0.225. The lowest BCUT2D eigenvalue weighted by Gasteiger charge is -2.59. The number of esters is 1. The van der Waals surface area contributed by atoms with E-state index in [1.807, 2.05) is 6.07 Å². The molecule has 0 amide bonds. The summed E-state index contributed by atoms with van der Waals surface area (Å²) in [6.45, 7) is 3.30. The topological polar surface area (TPSA) is 168 Å². The van der Waals surface area contributed by atoms with Crippen LogP contribution in [-0.2, 0) is 28.5 Å². The van der Waals surface area contributed by atoms with Crippen molar-refractivity contribution in [3.05, 3.63) is 47.1 Å².